The van der Waals surface area contributed by atoms with Gasteiger partial charge in [-0.05, 0) is 25.5 Å². The molecule has 0 spiro atoms. The van der Waals surface area contributed by atoms with Gasteiger partial charge in [-0.1, -0.05) is 0 Å². The Kier molecular flexibility index (Phi) is 5.42. The number of nitrogens with two attached hydrogens (primary N) is 1. The lowest BCUT2D eigenvalue weighted by molar-refractivity contribution is -0.134. The zero-order valence-corrected chi connectivity index (χ0v) is 10.4. The third kappa shape index (κ3) is 4.01. The summed E-state index contributed by atoms with van der Waals surface area (Å²) in [6, 6.07) is -0.305. The van der Waals surface area contributed by atoms with E-state index in [-0.39, 0.29) is 11.9 Å². The highest BCUT2D eigenvalue weighted by molar-refractivity contribution is 7.98. The van der Waals surface area contributed by atoms with E-state index in [4.69, 9.17) is 5.73 Å². The Labute approximate surface area is 96.2 Å². The largest absolute Gasteiger partial charge is 0.339 e. The summed E-state index contributed by atoms with van der Waals surface area (Å²) < 4.78 is 0. The Hall–Kier alpha value is -0.260. The minimum atomic E-state index is -0.305. The van der Waals surface area contributed by atoms with Crippen LogP contribution in [0.3, 0.4) is 0 Å². The van der Waals surface area contributed by atoms with E-state index in [9.17, 15) is 4.79 Å². The first-order valence-corrected chi connectivity index (χ1v) is 6.76. The summed E-state index contributed by atoms with van der Waals surface area (Å²) in [6.07, 6.45) is 2.82. The Morgan fingerprint density at radius 2 is 2.00 bits per heavy atom. The van der Waals surface area contributed by atoms with Gasteiger partial charge in [-0.15, -0.1) is 0 Å². The van der Waals surface area contributed by atoms with E-state index in [0.717, 1.165) is 38.4 Å². The topological polar surface area (TPSA) is 49.6 Å². The summed E-state index contributed by atoms with van der Waals surface area (Å²) in [5.41, 5.74) is 5.85. The number of likely N-dealkylation sites (N-methyl/N-ethyl adjacent to an activating group) is 1. The fraction of sp³-hybridized carbons (Fsp3) is 0.900. The maximum absolute atomic E-state index is 11.9. The predicted molar refractivity (Wildman–Crippen MR) is 65.1 cm³/mol. The molecule has 1 atom stereocenters. The van der Waals surface area contributed by atoms with E-state index >= 15 is 0 Å². The second-order valence-electron chi connectivity index (χ2n) is 4.02. The van der Waals surface area contributed by atoms with Crippen molar-refractivity contribution in [2.75, 3.05) is 45.2 Å². The van der Waals surface area contributed by atoms with Crippen LogP contribution in [-0.2, 0) is 4.79 Å². The molecule has 0 radical (unpaired) electrons. The molecule has 4 nitrogen and oxygen atoms in total. The van der Waals surface area contributed by atoms with Crippen molar-refractivity contribution < 1.29 is 4.79 Å². The summed E-state index contributed by atoms with van der Waals surface area (Å²) in [4.78, 5) is 16.0. The van der Waals surface area contributed by atoms with Gasteiger partial charge in [0.1, 0.15) is 0 Å². The van der Waals surface area contributed by atoms with Crippen molar-refractivity contribution in [3.05, 3.63) is 0 Å². The second-order valence-corrected chi connectivity index (χ2v) is 5.00. The van der Waals surface area contributed by atoms with Gasteiger partial charge in [0.25, 0.3) is 0 Å². The third-order valence-electron chi connectivity index (χ3n) is 2.77. The zero-order valence-electron chi connectivity index (χ0n) is 9.61. The highest BCUT2D eigenvalue weighted by Crippen LogP contribution is 2.05. The summed E-state index contributed by atoms with van der Waals surface area (Å²) in [6.45, 7) is 3.56. The molecular formula is C10H21N3OS. The Morgan fingerprint density at radius 1 is 1.40 bits per heavy atom. The number of carbonyl (C=O) groups excluding carboxylic acids is 1. The van der Waals surface area contributed by atoms with Gasteiger partial charge in [0.2, 0.25) is 5.91 Å². The van der Waals surface area contributed by atoms with Gasteiger partial charge in [-0.25, -0.2) is 0 Å². The molecule has 0 saturated carbocycles. The molecule has 1 saturated heterocycles. The molecule has 0 aromatic carbocycles. The second kappa shape index (κ2) is 6.35. The van der Waals surface area contributed by atoms with Gasteiger partial charge >= 0.3 is 0 Å². The average molecular weight is 231 g/mol. The van der Waals surface area contributed by atoms with Crippen LogP contribution in [0.4, 0.5) is 0 Å². The van der Waals surface area contributed by atoms with Crippen LogP contribution in [0.2, 0.25) is 0 Å². The SMILES string of the molecule is CSCC[C@H](N)C(=O)N1CCN(C)CC1. The van der Waals surface area contributed by atoms with E-state index in [2.05, 4.69) is 11.9 Å². The molecule has 1 aliphatic rings. The molecule has 0 unspecified atom stereocenters. The van der Waals surface area contributed by atoms with Crippen LogP contribution >= 0.6 is 11.8 Å². The Morgan fingerprint density at radius 3 is 2.53 bits per heavy atom. The summed E-state index contributed by atoms with van der Waals surface area (Å²) >= 11 is 1.74. The molecule has 5 heteroatoms. The molecule has 0 aliphatic carbocycles. The van der Waals surface area contributed by atoms with Crippen molar-refractivity contribution in [1.82, 2.24) is 9.80 Å². The van der Waals surface area contributed by atoms with E-state index in [1.54, 1.807) is 11.8 Å². The lowest BCUT2D eigenvalue weighted by Crippen LogP contribution is -2.52. The zero-order chi connectivity index (χ0) is 11.3. The number of amides is 1. The number of hydrogen-bond acceptors (Lipinski definition) is 4. The van der Waals surface area contributed by atoms with Crippen molar-refractivity contribution in [3.8, 4) is 0 Å². The Balaban J connectivity index is 2.32. The molecule has 15 heavy (non-hydrogen) atoms. The molecule has 1 aliphatic heterocycles. The minimum absolute atomic E-state index is 0.122. The minimum Gasteiger partial charge on any atom is -0.339 e. The van der Waals surface area contributed by atoms with Gasteiger partial charge in [0.15, 0.2) is 0 Å². The molecule has 1 amide bonds. The van der Waals surface area contributed by atoms with Gasteiger partial charge < -0.3 is 15.5 Å². The predicted octanol–water partition coefficient (Wildman–Crippen LogP) is -0.159. The molecule has 0 aromatic rings. The van der Waals surface area contributed by atoms with E-state index in [0.29, 0.717) is 0 Å². The number of rotatable bonds is 4. The Bertz CT molecular complexity index is 205. The third-order valence-corrected chi connectivity index (χ3v) is 3.41. The normalized spacial score (nSPS) is 20.3. The molecule has 0 bridgehead atoms. The van der Waals surface area contributed by atoms with Gasteiger partial charge in [0, 0.05) is 26.2 Å². The van der Waals surface area contributed by atoms with Crippen LogP contribution < -0.4 is 5.73 Å². The lowest BCUT2D eigenvalue weighted by atomic mass is 10.2. The fourth-order valence-electron chi connectivity index (χ4n) is 1.63. The maximum Gasteiger partial charge on any atom is 0.239 e. The van der Waals surface area contributed by atoms with Crippen molar-refractivity contribution in [1.29, 1.82) is 0 Å². The lowest BCUT2D eigenvalue weighted by Gasteiger charge is -2.33. The highest BCUT2D eigenvalue weighted by atomic mass is 32.2. The molecule has 1 rings (SSSR count). The van der Waals surface area contributed by atoms with Crippen molar-refractivity contribution in [2.24, 2.45) is 5.73 Å². The standard InChI is InChI=1S/C10H21N3OS/c1-12-4-6-13(7-5-12)10(14)9(11)3-8-15-2/h9H,3-8,11H2,1-2H3/t9-/m0/s1. The number of piperazine rings is 1. The van der Waals surface area contributed by atoms with E-state index in [1.165, 1.54) is 0 Å². The first-order chi connectivity index (χ1) is 7.15. The summed E-state index contributed by atoms with van der Waals surface area (Å²) in [5.74, 6) is 1.08. The van der Waals surface area contributed by atoms with E-state index in [1.807, 2.05) is 11.2 Å². The van der Waals surface area contributed by atoms with Gasteiger partial charge in [-0.3, -0.25) is 4.79 Å². The summed E-state index contributed by atoms with van der Waals surface area (Å²) in [5, 5.41) is 0. The molecule has 0 aromatic heterocycles. The van der Waals surface area contributed by atoms with Crippen LogP contribution in [0.15, 0.2) is 0 Å². The number of hydrogen-bond donors (Lipinski definition) is 1. The molecular weight excluding hydrogens is 210 g/mol. The van der Waals surface area contributed by atoms with Gasteiger partial charge in [0.05, 0.1) is 6.04 Å². The van der Waals surface area contributed by atoms with Crippen LogP contribution in [0.25, 0.3) is 0 Å². The van der Waals surface area contributed by atoms with Crippen molar-refractivity contribution in [3.63, 3.8) is 0 Å². The van der Waals surface area contributed by atoms with Crippen molar-refractivity contribution >= 4 is 17.7 Å². The summed E-state index contributed by atoms with van der Waals surface area (Å²) in [7, 11) is 2.08. The quantitative estimate of drug-likeness (QED) is 0.730. The van der Waals surface area contributed by atoms with Gasteiger partial charge in [-0.2, -0.15) is 11.8 Å². The number of carbonyl (C=O) groups is 1. The maximum atomic E-state index is 11.9. The molecule has 1 fully saturated rings. The average Bonchev–Trinajstić information content (AvgIpc) is 2.26. The van der Waals surface area contributed by atoms with Crippen molar-refractivity contribution in [2.45, 2.75) is 12.5 Å². The fourth-order valence-corrected chi connectivity index (χ4v) is 2.12. The highest BCUT2D eigenvalue weighted by Gasteiger charge is 2.23. The first kappa shape index (κ1) is 12.8. The molecule has 1 heterocycles. The molecule has 2 N–H and O–H groups in total. The van der Waals surface area contributed by atoms with Crippen LogP contribution in [-0.4, -0.2) is 67.0 Å². The van der Waals surface area contributed by atoms with Crippen LogP contribution in [0.1, 0.15) is 6.42 Å². The molecule has 88 valence electrons. The number of nitrogens with zero attached hydrogens (tertiary/aromatic N) is 2. The van der Waals surface area contributed by atoms with Crippen LogP contribution in [0.5, 0.6) is 0 Å². The monoisotopic (exact) mass is 231 g/mol. The smallest absolute Gasteiger partial charge is 0.239 e. The number of thioether (sulfide) groups is 1. The first-order valence-electron chi connectivity index (χ1n) is 5.37. The van der Waals surface area contributed by atoms with E-state index < -0.39 is 0 Å². The van der Waals surface area contributed by atoms with Crippen LogP contribution in [0, 0.1) is 0 Å².